The van der Waals surface area contributed by atoms with E-state index in [9.17, 15) is 10.2 Å². The van der Waals surface area contributed by atoms with Crippen molar-refractivity contribution in [2.75, 3.05) is 6.26 Å². The van der Waals surface area contributed by atoms with Gasteiger partial charge in [0.25, 0.3) is 0 Å². The number of hydrogen-bond donors (Lipinski definition) is 2. The van der Waals surface area contributed by atoms with Crippen molar-refractivity contribution in [2.24, 2.45) is 0 Å². The van der Waals surface area contributed by atoms with E-state index in [0.29, 0.717) is 0 Å². The maximum absolute atomic E-state index is 10.0. The van der Waals surface area contributed by atoms with Gasteiger partial charge in [-0.25, -0.2) is 0 Å². The molecule has 0 radical (unpaired) electrons. The molecule has 0 atom stereocenters. The Morgan fingerprint density at radius 1 is 1.36 bits per heavy atom. The molecule has 1 aliphatic rings. The molecular weight excluding hydrogens is 196 g/mol. The first-order valence-electron chi connectivity index (χ1n) is 4.68. The van der Waals surface area contributed by atoms with Gasteiger partial charge in [-0.2, -0.15) is 0 Å². The quantitative estimate of drug-likeness (QED) is 0.736. The third-order valence-corrected chi connectivity index (χ3v) is 3.53. The van der Waals surface area contributed by atoms with Crippen LogP contribution < -0.4 is 0 Å². The first-order chi connectivity index (χ1) is 6.58. The Morgan fingerprint density at radius 3 is 2.50 bits per heavy atom. The van der Waals surface area contributed by atoms with Gasteiger partial charge in [-0.15, -0.1) is 11.8 Å². The SMILES string of the molecule is CSc1ccc(C)c(O)c1C1(O)CC1. The minimum atomic E-state index is -0.756. The lowest BCUT2D eigenvalue weighted by Crippen LogP contribution is -2.07. The minimum Gasteiger partial charge on any atom is -0.507 e. The third kappa shape index (κ3) is 1.41. The lowest BCUT2D eigenvalue weighted by molar-refractivity contribution is 0.144. The molecule has 2 nitrogen and oxygen atoms in total. The number of aromatic hydroxyl groups is 1. The molecule has 0 saturated heterocycles. The van der Waals surface area contributed by atoms with Crippen molar-refractivity contribution < 1.29 is 10.2 Å². The van der Waals surface area contributed by atoms with Gasteiger partial charge in [0, 0.05) is 10.5 Å². The zero-order valence-corrected chi connectivity index (χ0v) is 9.19. The van der Waals surface area contributed by atoms with E-state index in [4.69, 9.17) is 0 Å². The molecule has 1 aromatic carbocycles. The van der Waals surface area contributed by atoms with Crippen LogP contribution >= 0.6 is 11.8 Å². The standard InChI is InChI=1S/C11H14O2S/c1-7-3-4-8(14-2)9(10(7)12)11(13)5-6-11/h3-4,12-13H,5-6H2,1-2H3. The molecule has 0 spiro atoms. The average molecular weight is 210 g/mol. The highest BCUT2D eigenvalue weighted by Crippen LogP contribution is 2.52. The number of thioether (sulfide) groups is 1. The van der Waals surface area contributed by atoms with Crippen LogP contribution in [0.3, 0.4) is 0 Å². The number of hydrogen-bond acceptors (Lipinski definition) is 3. The van der Waals surface area contributed by atoms with E-state index >= 15 is 0 Å². The summed E-state index contributed by atoms with van der Waals surface area (Å²) in [7, 11) is 0. The van der Waals surface area contributed by atoms with Gasteiger partial charge in [0.2, 0.25) is 0 Å². The molecule has 3 heteroatoms. The second-order valence-electron chi connectivity index (χ2n) is 3.84. The van der Waals surface area contributed by atoms with Crippen LogP contribution in [0.2, 0.25) is 0 Å². The number of phenols is 1. The van der Waals surface area contributed by atoms with Gasteiger partial charge in [-0.3, -0.25) is 0 Å². The molecule has 0 aliphatic heterocycles. The first-order valence-corrected chi connectivity index (χ1v) is 5.90. The molecule has 1 saturated carbocycles. The Bertz CT molecular complexity index is 370. The molecule has 1 aliphatic carbocycles. The molecule has 14 heavy (non-hydrogen) atoms. The van der Waals surface area contributed by atoms with Gasteiger partial charge >= 0.3 is 0 Å². The van der Waals surface area contributed by atoms with Crippen molar-refractivity contribution in [1.82, 2.24) is 0 Å². The highest BCUT2D eigenvalue weighted by Gasteiger charge is 2.45. The molecule has 0 amide bonds. The Morgan fingerprint density at radius 2 is 2.00 bits per heavy atom. The van der Waals surface area contributed by atoms with Crippen molar-refractivity contribution >= 4 is 11.8 Å². The Labute approximate surface area is 88.0 Å². The summed E-state index contributed by atoms with van der Waals surface area (Å²) in [6.45, 7) is 1.86. The van der Waals surface area contributed by atoms with Crippen molar-refractivity contribution in [1.29, 1.82) is 0 Å². The molecule has 0 aromatic heterocycles. The molecule has 1 fully saturated rings. The van der Waals surface area contributed by atoms with E-state index < -0.39 is 5.60 Å². The maximum Gasteiger partial charge on any atom is 0.125 e. The van der Waals surface area contributed by atoms with Crippen LogP contribution in [0.4, 0.5) is 0 Å². The van der Waals surface area contributed by atoms with Gasteiger partial charge in [0.15, 0.2) is 0 Å². The Hall–Kier alpha value is -0.670. The number of benzene rings is 1. The van der Waals surface area contributed by atoms with Gasteiger partial charge in [-0.05, 0) is 37.7 Å². The third-order valence-electron chi connectivity index (χ3n) is 2.75. The molecule has 1 aromatic rings. The van der Waals surface area contributed by atoms with Crippen molar-refractivity contribution in [3.05, 3.63) is 23.3 Å². The normalized spacial score (nSPS) is 18.2. The van der Waals surface area contributed by atoms with Crippen LogP contribution in [0.15, 0.2) is 17.0 Å². The monoisotopic (exact) mass is 210 g/mol. The van der Waals surface area contributed by atoms with Crippen molar-refractivity contribution in [3.63, 3.8) is 0 Å². The summed E-state index contributed by atoms with van der Waals surface area (Å²) in [6.07, 6.45) is 3.48. The maximum atomic E-state index is 10.0. The fourth-order valence-electron chi connectivity index (χ4n) is 1.67. The largest absolute Gasteiger partial charge is 0.507 e. The fraction of sp³-hybridized carbons (Fsp3) is 0.455. The van der Waals surface area contributed by atoms with E-state index in [1.165, 1.54) is 0 Å². The van der Waals surface area contributed by atoms with E-state index in [0.717, 1.165) is 28.9 Å². The predicted octanol–water partition coefficient (Wildman–Crippen LogP) is 2.40. The molecule has 2 rings (SSSR count). The summed E-state index contributed by atoms with van der Waals surface area (Å²) >= 11 is 1.57. The second kappa shape index (κ2) is 3.17. The number of aryl methyl sites for hydroxylation is 1. The zero-order valence-electron chi connectivity index (χ0n) is 8.37. The highest BCUT2D eigenvalue weighted by atomic mass is 32.2. The van der Waals surface area contributed by atoms with Gasteiger partial charge in [0.05, 0.1) is 5.60 Å². The van der Waals surface area contributed by atoms with Crippen molar-refractivity contribution in [3.8, 4) is 5.75 Å². The Balaban J connectivity index is 2.59. The minimum absolute atomic E-state index is 0.261. The summed E-state index contributed by atoms with van der Waals surface area (Å²) in [5.74, 6) is 0.261. The van der Waals surface area contributed by atoms with Crippen molar-refractivity contribution in [2.45, 2.75) is 30.3 Å². The van der Waals surface area contributed by atoms with E-state index in [-0.39, 0.29) is 5.75 Å². The second-order valence-corrected chi connectivity index (χ2v) is 4.69. The van der Waals surface area contributed by atoms with Crippen LogP contribution in [0.5, 0.6) is 5.75 Å². The lowest BCUT2D eigenvalue weighted by Gasteiger charge is -2.16. The summed E-state index contributed by atoms with van der Waals surface area (Å²) < 4.78 is 0. The lowest BCUT2D eigenvalue weighted by atomic mass is 10.0. The van der Waals surface area contributed by atoms with Crippen LogP contribution in [-0.2, 0) is 5.60 Å². The van der Waals surface area contributed by atoms with Gasteiger partial charge < -0.3 is 10.2 Å². The number of aliphatic hydroxyl groups is 1. The fourth-order valence-corrected chi connectivity index (χ4v) is 2.36. The van der Waals surface area contributed by atoms with Crippen LogP contribution in [-0.4, -0.2) is 16.5 Å². The van der Waals surface area contributed by atoms with Gasteiger partial charge in [-0.1, -0.05) is 6.07 Å². The number of phenolic OH excluding ortho intramolecular Hbond substituents is 1. The summed E-state index contributed by atoms with van der Waals surface area (Å²) in [6, 6.07) is 3.85. The topological polar surface area (TPSA) is 40.5 Å². The smallest absolute Gasteiger partial charge is 0.125 e. The van der Waals surface area contributed by atoms with E-state index in [1.807, 2.05) is 25.3 Å². The molecular formula is C11H14O2S. The molecule has 76 valence electrons. The van der Waals surface area contributed by atoms with E-state index in [2.05, 4.69) is 0 Å². The average Bonchev–Trinajstić information content (AvgIpc) is 2.89. The predicted molar refractivity (Wildman–Crippen MR) is 57.8 cm³/mol. The first kappa shape index (κ1) is 9.87. The molecule has 0 bridgehead atoms. The summed E-state index contributed by atoms with van der Waals surface area (Å²) in [4.78, 5) is 0.980. The Kier molecular flexibility index (Phi) is 2.24. The van der Waals surface area contributed by atoms with Crippen LogP contribution in [0, 0.1) is 6.92 Å². The number of rotatable bonds is 2. The summed E-state index contributed by atoms with van der Waals surface area (Å²) in [5.41, 5.74) is 0.803. The highest BCUT2D eigenvalue weighted by molar-refractivity contribution is 7.98. The van der Waals surface area contributed by atoms with Gasteiger partial charge in [0.1, 0.15) is 5.75 Å². The van der Waals surface area contributed by atoms with E-state index in [1.54, 1.807) is 11.8 Å². The summed E-state index contributed by atoms with van der Waals surface area (Å²) in [5, 5.41) is 20.0. The zero-order chi connectivity index (χ0) is 10.3. The van der Waals surface area contributed by atoms with Crippen LogP contribution in [0.1, 0.15) is 24.0 Å². The van der Waals surface area contributed by atoms with Crippen LogP contribution in [0.25, 0.3) is 0 Å². The molecule has 0 unspecified atom stereocenters. The molecule has 2 N–H and O–H groups in total. The molecule has 0 heterocycles.